The molecule has 1 aliphatic heterocycles. The number of imide groups is 1. The van der Waals surface area contributed by atoms with Crippen LogP contribution in [0.1, 0.15) is 20.7 Å². The van der Waals surface area contributed by atoms with Gasteiger partial charge in [0.1, 0.15) is 6.54 Å². The van der Waals surface area contributed by atoms with Crippen molar-refractivity contribution in [1.29, 1.82) is 0 Å². The number of benzene rings is 2. The van der Waals surface area contributed by atoms with Gasteiger partial charge in [-0.15, -0.1) is 0 Å². The fourth-order valence-electron chi connectivity index (χ4n) is 2.43. The van der Waals surface area contributed by atoms with Crippen LogP contribution in [0.3, 0.4) is 0 Å². The van der Waals surface area contributed by atoms with Crippen molar-refractivity contribution in [3.05, 3.63) is 63.6 Å². The number of rotatable bonds is 3. The number of anilines is 1. The van der Waals surface area contributed by atoms with Crippen LogP contribution in [-0.4, -0.2) is 34.3 Å². The third-order valence-electron chi connectivity index (χ3n) is 3.61. The molecule has 0 radical (unpaired) electrons. The summed E-state index contributed by atoms with van der Waals surface area (Å²) in [5.41, 5.74) is 1.09. The lowest BCUT2D eigenvalue weighted by Gasteiger charge is -2.15. The number of nitrogens with one attached hydrogen (secondary N) is 2. The Morgan fingerprint density at radius 3 is 2.19 bits per heavy atom. The van der Waals surface area contributed by atoms with E-state index in [2.05, 4.69) is 10.6 Å². The van der Waals surface area contributed by atoms with Crippen molar-refractivity contribution in [3.8, 4) is 0 Å². The predicted molar refractivity (Wildman–Crippen MR) is 103 cm³/mol. The topological polar surface area (TPSA) is 78.5 Å². The van der Waals surface area contributed by atoms with Crippen molar-refractivity contribution >= 4 is 63.9 Å². The van der Waals surface area contributed by atoms with Crippen LogP contribution >= 0.6 is 35.4 Å². The minimum atomic E-state index is -0.600. The molecule has 6 nitrogen and oxygen atoms in total. The van der Waals surface area contributed by atoms with Gasteiger partial charge in [0.05, 0.1) is 21.2 Å². The highest BCUT2D eigenvalue weighted by atomic mass is 35.5. The number of nitrogens with zero attached hydrogens (tertiary/aromatic N) is 1. The molecule has 0 fully saturated rings. The molecule has 2 aromatic rings. The normalized spacial score (nSPS) is 12.8. The minimum Gasteiger partial charge on any atom is -0.332 e. The number of carbonyl (C=O) groups is 3. The molecule has 2 N–H and O–H groups in total. The van der Waals surface area contributed by atoms with E-state index in [1.165, 1.54) is 0 Å². The van der Waals surface area contributed by atoms with Crippen molar-refractivity contribution in [2.24, 2.45) is 0 Å². The Kier molecular flexibility index (Phi) is 5.22. The number of amides is 3. The molecule has 26 heavy (non-hydrogen) atoms. The fraction of sp³-hybridized carbons (Fsp3) is 0.0588. The van der Waals surface area contributed by atoms with Crippen molar-refractivity contribution in [1.82, 2.24) is 10.2 Å². The molecule has 0 atom stereocenters. The molecule has 1 aliphatic rings. The summed E-state index contributed by atoms with van der Waals surface area (Å²) in [5.74, 6) is -1.62. The van der Waals surface area contributed by atoms with Crippen molar-refractivity contribution in [2.45, 2.75) is 0 Å². The molecule has 0 saturated carbocycles. The van der Waals surface area contributed by atoms with Gasteiger partial charge in [-0.3, -0.25) is 19.3 Å². The molecule has 0 aliphatic carbocycles. The quantitative estimate of drug-likeness (QED) is 0.603. The van der Waals surface area contributed by atoms with E-state index in [0.29, 0.717) is 15.7 Å². The van der Waals surface area contributed by atoms with Gasteiger partial charge in [-0.25, -0.2) is 0 Å². The van der Waals surface area contributed by atoms with Gasteiger partial charge in [0.25, 0.3) is 11.8 Å². The highest BCUT2D eigenvalue weighted by Crippen LogP contribution is 2.25. The van der Waals surface area contributed by atoms with Crippen LogP contribution in [0.25, 0.3) is 0 Å². The van der Waals surface area contributed by atoms with Crippen molar-refractivity contribution in [3.63, 3.8) is 0 Å². The smallest absolute Gasteiger partial charge is 0.262 e. The van der Waals surface area contributed by atoms with Crippen LogP contribution < -0.4 is 10.6 Å². The predicted octanol–water partition coefficient (Wildman–Crippen LogP) is 3.10. The van der Waals surface area contributed by atoms with Gasteiger partial charge in [-0.05, 0) is 42.5 Å². The van der Waals surface area contributed by atoms with E-state index in [1.807, 2.05) is 0 Å². The zero-order valence-corrected chi connectivity index (χ0v) is 15.4. The molecule has 9 heteroatoms. The number of halogens is 2. The van der Waals surface area contributed by atoms with E-state index in [9.17, 15) is 14.4 Å². The van der Waals surface area contributed by atoms with E-state index in [-0.39, 0.29) is 16.2 Å². The summed E-state index contributed by atoms with van der Waals surface area (Å²) in [5, 5.41) is 5.91. The molecule has 0 unspecified atom stereocenters. The lowest BCUT2D eigenvalue weighted by atomic mass is 10.1. The fourth-order valence-corrected chi connectivity index (χ4v) is 2.96. The third-order valence-corrected chi connectivity index (χ3v) is 4.55. The molecule has 0 bridgehead atoms. The van der Waals surface area contributed by atoms with E-state index >= 15 is 0 Å². The first-order chi connectivity index (χ1) is 12.4. The van der Waals surface area contributed by atoms with Crippen LogP contribution in [0.5, 0.6) is 0 Å². The van der Waals surface area contributed by atoms with Crippen LogP contribution in [0.4, 0.5) is 5.69 Å². The summed E-state index contributed by atoms with van der Waals surface area (Å²) in [4.78, 5) is 37.5. The molecule has 2 aromatic carbocycles. The zero-order valence-electron chi connectivity index (χ0n) is 13.1. The molecular weight excluding hydrogens is 397 g/mol. The number of thiocarbonyl (C=S) groups is 1. The number of hydrogen-bond donors (Lipinski definition) is 2. The SMILES string of the molecule is O=C(CN1C(=O)c2ccccc2C1=O)NC(=S)Nc1ccc(Cl)c(Cl)c1. The Morgan fingerprint density at radius 2 is 1.62 bits per heavy atom. The Balaban J connectivity index is 1.61. The van der Waals surface area contributed by atoms with Crippen LogP contribution in [0, 0.1) is 0 Å². The van der Waals surface area contributed by atoms with Crippen LogP contribution in [0.15, 0.2) is 42.5 Å². The van der Waals surface area contributed by atoms with Gasteiger partial charge in [0, 0.05) is 5.69 Å². The van der Waals surface area contributed by atoms with Crippen molar-refractivity contribution in [2.75, 3.05) is 11.9 Å². The molecular formula is C17H11Cl2N3O3S. The Hall–Kier alpha value is -2.48. The maximum absolute atomic E-state index is 12.2. The Labute approximate surface area is 164 Å². The third kappa shape index (κ3) is 3.70. The average molecular weight is 408 g/mol. The molecule has 0 saturated heterocycles. The Morgan fingerprint density at radius 1 is 1.00 bits per heavy atom. The largest absolute Gasteiger partial charge is 0.332 e. The average Bonchev–Trinajstić information content (AvgIpc) is 2.83. The number of fused-ring (bicyclic) bond motifs is 1. The van der Waals surface area contributed by atoms with Gasteiger partial charge in [0.15, 0.2) is 5.11 Å². The molecule has 3 amide bonds. The van der Waals surface area contributed by atoms with Gasteiger partial charge in [0.2, 0.25) is 5.91 Å². The van der Waals surface area contributed by atoms with E-state index in [1.54, 1.807) is 42.5 Å². The van der Waals surface area contributed by atoms with Gasteiger partial charge >= 0.3 is 0 Å². The number of hydrogen-bond acceptors (Lipinski definition) is 4. The van der Waals surface area contributed by atoms with Crippen LogP contribution in [0.2, 0.25) is 10.0 Å². The van der Waals surface area contributed by atoms with Crippen molar-refractivity contribution < 1.29 is 14.4 Å². The van der Waals surface area contributed by atoms with Gasteiger partial charge < -0.3 is 10.6 Å². The standard InChI is InChI=1S/C17H11Cl2N3O3S/c18-12-6-5-9(7-13(12)19)20-17(26)21-14(23)8-22-15(24)10-3-1-2-4-11(10)16(22)25/h1-7H,8H2,(H2,20,21,23,26). The van der Waals surface area contributed by atoms with Crippen LogP contribution in [-0.2, 0) is 4.79 Å². The first kappa shape index (κ1) is 18.3. The Bertz CT molecular complexity index is 914. The summed E-state index contributed by atoms with van der Waals surface area (Å²) in [7, 11) is 0. The minimum absolute atomic E-state index is 0.00463. The maximum atomic E-state index is 12.2. The first-order valence-corrected chi connectivity index (χ1v) is 8.54. The van der Waals surface area contributed by atoms with Gasteiger partial charge in [-0.1, -0.05) is 35.3 Å². The molecule has 0 aromatic heterocycles. The van der Waals surface area contributed by atoms with Gasteiger partial charge in [-0.2, -0.15) is 0 Å². The second-order valence-corrected chi connectivity index (χ2v) is 6.60. The molecule has 1 heterocycles. The highest BCUT2D eigenvalue weighted by molar-refractivity contribution is 7.80. The highest BCUT2D eigenvalue weighted by Gasteiger charge is 2.36. The molecule has 0 spiro atoms. The van der Waals surface area contributed by atoms with E-state index < -0.39 is 24.3 Å². The molecule has 3 rings (SSSR count). The number of carbonyl (C=O) groups excluding carboxylic acids is 3. The van der Waals surface area contributed by atoms with E-state index in [0.717, 1.165) is 4.90 Å². The summed E-state index contributed by atoms with van der Waals surface area (Å²) in [6, 6.07) is 11.2. The molecule has 132 valence electrons. The second kappa shape index (κ2) is 7.41. The second-order valence-electron chi connectivity index (χ2n) is 5.37. The summed E-state index contributed by atoms with van der Waals surface area (Å²) in [6.07, 6.45) is 0. The first-order valence-electron chi connectivity index (χ1n) is 7.38. The van der Waals surface area contributed by atoms with E-state index in [4.69, 9.17) is 35.4 Å². The zero-order chi connectivity index (χ0) is 18.8. The summed E-state index contributed by atoms with van der Waals surface area (Å²) < 4.78 is 0. The lowest BCUT2D eigenvalue weighted by molar-refractivity contribution is -0.120. The monoisotopic (exact) mass is 407 g/mol. The maximum Gasteiger partial charge on any atom is 0.262 e. The summed E-state index contributed by atoms with van der Waals surface area (Å²) in [6.45, 7) is -0.435. The summed E-state index contributed by atoms with van der Waals surface area (Å²) >= 11 is 16.8. The lowest BCUT2D eigenvalue weighted by Crippen LogP contribution is -2.43.